The Morgan fingerprint density at radius 1 is 1.24 bits per heavy atom. The number of alkyl carbamates (subject to hydrolysis) is 1. The monoisotopic (exact) mass is 371 g/mol. The zero-order chi connectivity index (χ0) is 19.3. The van der Waals surface area contributed by atoms with Crippen LogP contribution in [0.3, 0.4) is 0 Å². The third-order valence-corrected chi connectivity index (χ3v) is 5.14. The molecule has 0 bridgehead atoms. The summed E-state index contributed by atoms with van der Waals surface area (Å²) >= 11 is 0. The molecule has 0 aromatic heterocycles. The molecule has 0 heterocycles. The van der Waals surface area contributed by atoms with Gasteiger partial charge in [0.25, 0.3) is 0 Å². The maximum Gasteiger partial charge on any atom is 0.407 e. The lowest BCUT2D eigenvalue weighted by Crippen LogP contribution is -2.44. The van der Waals surface area contributed by atoms with E-state index in [1.807, 2.05) is 13.0 Å². The highest BCUT2D eigenvalue weighted by atomic mass is 32.2. The van der Waals surface area contributed by atoms with Crippen LogP contribution in [0, 0.1) is 6.92 Å². The number of hydrogen-bond acceptors (Lipinski definition) is 6. The smallest absolute Gasteiger partial charge is 0.407 e. The number of esters is 1. The lowest BCUT2D eigenvalue weighted by atomic mass is 10.2. The van der Waals surface area contributed by atoms with Crippen molar-refractivity contribution < 1.29 is 27.5 Å². The third-order valence-electron chi connectivity index (χ3n) is 3.18. The third kappa shape index (κ3) is 7.13. The average molecular weight is 371 g/mol. The normalized spacial score (nSPS) is 13.0. The number of carbonyl (C=O) groups is 2. The first-order valence-corrected chi connectivity index (χ1v) is 9.48. The largest absolute Gasteiger partial charge is 0.468 e. The van der Waals surface area contributed by atoms with Gasteiger partial charge in [-0.1, -0.05) is 29.8 Å². The molecule has 1 aromatic rings. The Labute approximate surface area is 148 Å². The van der Waals surface area contributed by atoms with E-state index in [1.54, 1.807) is 39.0 Å². The van der Waals surface area contributed by atoms with Crippen molar-refractivity contribution in [1.82, 2.24) is 5.32 Å². The van der Waals surface area contributed by atoms with E-state index in [0.29, 0.717) is 5.56 Å². The number of rotatable bonds is 6. The van der Waals surface area contributed by atoms with Crippen molar-refractivity contribution in [3.63, 3.8) is 0 Å². The molecule has 0 spiro atoms. The minimum absolute atomic E-state index is 0.329. The molecule has 1 N–H and O–H groups in total. The molecule has 1 unspecified atom stereocenters. The van der Waals surface area contributed by atoms with Crippen LogP contribution in [0.5, 0.6) is 0 Å². The maximum atomic E-state index is 12.6. The molecule has 1 rings (SSSR count). The van der Waals surface area contributed by atoms with Gasteiger partial charge in [0.15, 0.2) is 15.1 Å². The molecule has 0 aliphatic rings. The second kappa shape index (κ2) is 8.33. The SMILES string of the molecule is COC(=O)C(CNC(=O)OC(C)(C)C)S(=O)(=O)Cc1cccc(C)c1. The number of hydrogen-bond donors (Lipinski definition) is 1. The van der Waals surface area contributed by atoms with E-state index in [2.05, 4.69) is 10.1 Å². The minimum Gasteiger partial charge on any atom is -0.468 e. The quantitative estimate of drug-likeness (QED) is 0.768. The molecule has 140 valence electrons. The summed E-state index contributed by atoms with van der Waals surface area (Å²) in [6, 6.07) is 6.98. The molecule has 1 aromatic carbocycles. The first kappa shape index (κ1) is 21.0. The molecule has 1 atom stereocenters. The standard InChI is InChI=1S/C17H25NO6S/c1-12-7-6-8-13(9-12)11-25(21,22)14(15(19)23-5)10-18-16(20)24-17(2,3)4/h6-9,14H,10-11H2,1-5H3,(H,18,20). The van der Waals surface area contributed by atoms with Crippen LogP contribution in [0.4, 0.5) is 4.79 Å². The Bertz CT molecular complexity index is 721. The van der Waals surface area contributed by atoms with Crippen molar-refractivity contribution in [2.24, 2.45) is 0 Å². The summed E-state index contributed by atoms with van der Waals surface area (Å²) in [7, 11) is -2.79. The number of carbonyl (C=O) groups excluding carboxylic acids is 2. The fourth-order valence-corrected chi connectivity index (χ4v) is 3.69. The molecule has 25 heavy (non-hydrogen) atoms. The zero-order valence-corrected chi connectivity index (χ0v) is 16.0. The molecule has 0 fully saturated rings. The van der Waals surface area contributed by atoms with Crippen LogP contribution in [0.15, 0.2) is 24.3 Å². The highest BCUT2D eigenvalue weighted by Gasteiger charge is 2.34. The van der Waals surface area contributed by atoms with Crippen LogP contribution in [0.25, 0.3) is 0 Å². The number of methoxy groups -OCH3 is 1. The van der Waals surface area contributed by atoms with E-state index in [0.717, 1.165) is 12.7 Å². The number of benzene rings is 1. The van der Waals surface area contributed by atoms with E-state index < -0.39 is 39.3 Å². The van der Waals surface area contributed by atoms with Gasteiger partial charge in [0.2, 0.25) is 0 Å². The number of nitrogens with one attached hydrogen (secondary N) is 1. The summed E-state index contributed by atoms with van der Waals surface area (Å²) in [6.07, 6.45) is -0.799. The average Bonchev–Trinajstić information content (AvgIpc) is 2.44. The van der Waals surface area contributed by atoms with E-state index in [9.17, 15) is 18.0 Å². The molecule has 7 nitrogen and oxygen atoms in total. The van der Waals surface area contributed by atoms with Crippen LogP contribution >= 0.6 is 0 Å². The number of sulfone groups is 1. The first-order chi connectivity index (χ1) is 11.4. The number of amides is 1. The summed E-state index contributed by atoms with van der Waals surface area (Å²) in [5.41, 5.74) is 0.742. The Morgan fingerprint density at radius 2 is 1.88 bits per heavy atom. The van der Waals surface area contributed by atoms with Crippen molar-refractivity contribution in [2.45, 2.75) is 44.3 Å². The Balaban J connectivity index is 2.90. The lowest BCUT2D eigenvalue weighted by Gasteiger charge is -2.21. The molecule has 0 saturated carbocycles. The molecule has 0 saturated heterocycles. The van der Waals surface area contributed by atoms with E-state index in [-0.39, 0.29) is 5.75 Å². The zero-order valence-electron chi connectivity index (χ0n) is 15.2. The van der Waals surface area contributed by atoms with Crippen LogP contribution in [0.2, 0.25) is 0 Å². The van der Waals surface area contributed by atoms with Crippen molar-refractivity contribution in [2.75, 3.05) is 13.7 Å². The molecule has 0 aliphatic heterocycles. The van der Waals surface area contributed by atoms with Gasteiger partial charge in [-0.05, 0) is 33.3 Å². The summed E-state index contributed by atoms with van der Waals surface area (Å²) in [5, 5.41) is 0.808. The van der Waals surface area contributed by atoms with Gasteiger partial charge in [-0.15, -0.1) is 0 Å². The van der Waals surface area contributed by atoms with Gasteiger partial charge >= 0.3 is 12.1 Å². The van der Waals surface area contributed by atoms with E-state index in [4.69, 9.17) is 4.74 Å². The van der Waals surface area contributed by atoms with Gasteiger partial charge in [0.1, 0.15) is 5.60 Å². The van der Waals surface area contributed by atoms with Gasteiger partial charge in [0.05, 0.1) is 12.9 Å². The molecule has 0 radical (unpaired) electrons. The Morgan fingerprint density at radius 3 is 2.40 bits per heavy atom. The van der Waals surface area contributed by atoms with Crippen LogP contribution < -0.4 is 5.32 Å². The summed E-state index contributed by atoms with van der Waals surface area (Å²) < 4.78 is 34.9. The van der Waals surface area contributed by atoms with Crippen LogP contribution in [-0.2, 0) is 29.9 Å². The first-order valence-electron chi connectivity index (χ1n) is 7.76. The van der Waals surface area contributed by atoms with Crippen molar-refractivity contribution >= 4 is 21.9 Å². The van der Waals surface area contributed by atoms with Crippen LogP contribution in [-0.4, -0.2) is 45.0 Å². The second-order valence-electron chi connectivity index (χ2n) is 6.69. The van der Waals surface area contributed by atoms with Gasteiger partial charge < -0.3 is 14.8 Å². The van der Waals surface area contributed by atoms with Crippen molar-refractivity contribution in [3.8, 4) is 0 Å². The topological polar surface area (TPSA) is 98.8 Å². The summed E-state index contributed by atoms with van der Waals surface area (Å²) in [5.74, 6) is -1.26. The number of aryl methyl sites for hydroxylation is 1. The van der Waals surface area contributed by atoms with Crippen molar-refractivity contribution in [3.05, 3.63) is 35.4 Å². The lowest BCUT2D eigenvalue weighted by molar-refractivity contribution is -0.140. The molecular weight excluding hydrogens is 346 g/mol. The predicted octanol–water partition coefficient (Wildman–Crippen LogP) is 1.98. The molecular formula is C17H25NO6S. The van der Waals surface area contributed by atoms with Gasteiger partial charge in [-0.25, -0.2) is 13.2 Å². The molecule has 0 aliphatic carbocycles. The predicted molar refractivity (Wildman–Crippen MR) is 93.8 cm³/mol. The van der Waals surface area contributed by atoms with Gasteiger partial charge in [0, 0.05) is 6.54 Å². The van der Waals surface area contributed by atoms with E-state index in [1.165, 1.54) is 0 Å². The van der Waals surface area contributed by atoms with Crippen LogP contribution in [0.1, 0.15) is 31.9 Å². The fraction of sp³-hybridized carbons (Fsp3) is 0.529. The van der Waals surface area contributed by atoms with Gasteiger partial charge in [-0.3, -0.25) is 4.79 Å². The number of ether oxygens (including phenoxy) is 2. The molecule has 1 amide bonds. The van der Waals surface area contributed by atoms with E-state index >= 15 is 0 Å². The minimum atomic E-state index is -3.89. The maximum absolute atomic E-state index is 12.6. The second-order valence-corrected chi connectivity index (χ2v) is 8.87. The fourth-order valence-electron chi connectivity index (χ4n) is 2.11. The van der Waals surface area contributed by atoms with Gasteiger partial charge in [-0.2, -0.15) is 0 Å². The summed E-state index contributed by atoms with van der Waals surface area (Å²) in [4.78, 5) is 23.6. The van der Waals surface area contributed by atoms with Crippen molar-refractivity contribution in [1.29, 1.82) is 0 Å². The highest BCUT2D eigenvalue weighted by molar-refractivity contribution is 7.92. The molecule has 8 heteroatoms. The Hall–Kier alpha value is -2.09. The highest BCUT2D eigenvalue weighted by Crippen LogP contribution is 2.14. The summed E-state index contributed by atoms with van der Waals surface area (Å²) in [6.45, 7) is 6.46. The Kier molecular flexibility index (Phi) is 6.98.